The maximum atomic E-state index is 5.37. The van der Waals surface area contributed by atoms with Gasteiger partial charge in [0.1, 0.15) is 0 Å². The molecule has 2 aliphatic carbocycles. The molecule has 3 heterocycles. The molecule has 0 N–H and O–H groups in total. The fourth-order valence-electron chi connectivity index (χ4n) is 11.1. The number of para-hydroxylation sites is 4. The van der Waals surface area contributed by atoms with Crippen molar-refractivity contribution >= 4 is 43.6 Å². The van der Waals surface area contributed by atoms with Crippen molar-refractivity contribution in [3.05, 3.63) is 235 Å². The normalized spacial score (nSPS) is 13.2. The van der Waals surface area contributed by atoms with Crippen LogP contribution in [0.1, 0.15) is 22.3 Å². The number of hydrogen-bond acceptors (Lipinski definition) is 3. The number of aromatic nitrogens is 5. The van der Waals surface area contributed by atoms with E-state index in [9.17, 15) is 0 Å². The zero-order valence-electron chi connectivity index (χ0n) is 33.9. The van der Waals surface area contributed by atoms with Crippen molar-refractivity contribution in [2.45, 2.75) is 5.41 Å². The highest BCUT2D eigenvalue weighted by Crippen LogP contribution is 2.63. The van der Waals surface area contributed by atoms with Gasteiger partial charge in [-0.2, -0.15) is 15.0 Å². The van der Waals surface area contributed by atoms with E-state index >= 15 is 0 Å². The molecular formula is C58H35N5. The Morgan fingerprint density at radius 3 is 1.14 bits per heavy atom. The van der Waals surface area contributed by atoms with Crippen LogP contribution in [-0.4, -0.2) is 24.1 Å². The molecule has 12 aromatic rings. The Kier molecular flexibility index (Phi) is 6.97. The first-order valence-electron chi connectivity index (χ1n) is 21.5. The lowest BCUT2D eigenvalue weighted by molar-refractivity contribution is 0.794. The van der Waals surface area contributed by atoms with Gasteiger partial charge in [0.2, 0.25) is 11.9 Å². The standard InChI is InChI=1S/C58H35N5/c1-8-25-47-39(18-1)40-19-2-9-26-48(40)58(47)49-27-10-3-20-41(49)42-33-32-37(35-50(42)58)36-16-15-17-38(34-36)55-59-56(62-51-28-11-4-21-43(51)44-22-5-12-29-52(44)62)61-57(60-55)63-53-30-13-6-23-45(53)46-24-7-14-31-54(46)63/h1-35H. The summed E-state index contributed by atoms with van der Waals surface area (Å²) in [5.74, 6) is 1.73. The van der Waals surface area contributed by atoms with Crippen LogP contribution in [0.5, 0.6) is 0 Å². The first-order chi connectivity index (χ1) is 31.3. The minimum Gasteiger partial charge on any atom is -0.278 e. The minimum absolute atomic E-state index is 0.421. The molecule has 292 valence electrons. The Morgan fingerprint density at radius 2 is 0.667 bits per heavy atom. The molecule has 1 spiro atoms. The van der Waals surface area contributed by atoms with Gasteiger partial charge in [0.25, 0.3) is 0 Å². The molecule has 5 heteroatoms. The summed E-state index contributed by atoms with van der Waals surface area (Å²) in [7, 11) is 0. The highest BCUT2D eigenvalue weighted by molar-refractivity contribution is 6.10. The summed E-state index contributed by atoms with van der Waals surface area (Å²) in [5, 5.41) is 4.61. The summed E-state index contributed by atoms with van der Waals surface area (Å²) in [6, 6.07) is 76.7. The maximum absolute atomic E-state index is 5.37. The third-order valence-electron chi connectivity index (χ3n) is 13.6. The first-order valence-corrected chi connectivity index (χ1v) is 21.5. The summed E-state index contributed by atoms with van der Waals surface area (Å²) >= 11 is 0. The highest BCUT2D eigenvalue weighted by atomic mass is 15.3. The topological polar surface area (TPSA) is 48.5 Å². The molecule has 5 nitrogen and oxygen atoms in total. The van der Waals surface area contributed by atoms with Gasteiger partial charge in [0.15, 0.2) is 5.82 Å². The van der Waals surface area contributed by atoms with E-state index < -0.39 is 5.41 Å². The molecule has 0 saturated heterocycles. The molecule has 0 unspecified atom stereocenters. The van der Waals surface area contributed by atoms with Crippen LogP contribution >= 0.6 is 0 Å². The van der Waals surface area contributed by atoms with Gasteiger partial charge in [-0.05, 0) is 92.0 Å². The molecule has 14 rings (SSSR count). The predicted octanol–water partition coefficient (Wildman–Crippen LogP) is 13.7. The Morgan fingerprint density at radius 1 is 0.286 bits per heavy atom. The Bertz CT molecular complexity index is 3590. The van der Waals surface area contributed by atoms with E-state index in [1.165, 1.54) is 44.5 Å². The zero-order valence-corrected chi connectivity index (χ0v) is 33.9. The van der Waals surface area contributed by atoms with Crippen molar-refractivity contribution in [2.24, 2.45) is 0 Å². The largest absolute Gasteiger partial charge is 0.278 e. The van der Waals surface area contributed by atoms with Crippen molar-refractivity contribution in [3.63, 3.8) is 0 Å². The summed E-state index contributed by atoms with van der Waals surface area (Å²) < 4.78 is 4.37. The van der Waals surface area contributed by atoms with Gasteiger partial charge in [0, 0.05) is 27.1 Å². The molecule has 0 radical (unpaired) electrons. The van der Waals surface area contributed by atoms with E-state index in [0.29, 0.717) is 17.7 Å². The smallest absolute Gasteiger partial charge is 0.240 e. The average Bonchev–Trinajstić information content (AvgIpc) is 4.06. The lowest BCUT2D eigenvalue weighted by Crippen LogP contribution is -2.25. The van der Waals surface area contributed by atoms with Crippen molar-refractivity contribution in [2.75, 3.05) is 0 Å². The zero-order chi connectivity index (χ0) is 41.2. The number of fused-ring (bicyclic) bond motifs is 16. The summed E-state index contributed by atoms with van der Waals surface area (Å²) in [5.41, 5.74) is 17.4. The maximum Gasteiger partial charge on any atom is 0.240 e. The monoisotopic (exact) mass is 801 g/mol. The van der Waals surface area contributed by atoms with Crippen LogP contribution in [0.3, 0.4) is 0 Å². The molecule has 0 saturated carbocycles. The van der Waals surface area contributed by atoms with Gasteiger partial charge in [-0.3, -0.25) is 9.13 Å². The predicted molar refractivity (Wildman–Crippen MR) is 256 cm³/mol. The summed E-state index contributed by atoms with van der Waals surface area (Å²) in [4.78, 5) is 16.1. The van der Waals surface area contributed by atoms with Crippen molar-refractivity contribution in [1.82, 2.24) is 24.1 Å². The molecule has 9 aromatic carbocycles. The van der Waals surface area contributed by atoms with Crippen LogP contribution in [0.2, 0.25) is 0 Å². The van der Waals surface area contributed by atoms with Crippen molar-refractivity contribution in [3.8, 4) is 56.7 Å². The Balaban J connectivity index is 0.996. The molecule has 0 atom stereocenters. The van der Waals surface area contributed by atoms with Crippen LogP contribution in [0.4, 0.5) is 0 Å². The van der Waals surface area contributed by atoms with Gasteiger partial charge >= 0.3 is 0 Å². The molecular weight excluding hydrogens is 767 g/mol. The van der Waals surface area contributed by atoms with Gasteiger partial charge in [-0.25, -0.2) is 0 Å². The molecule has 0 fully saturated rings. The average molecular weight is 802 g/mol. The minimum atomic E-state index is -0.421. The second-order valence-corrected chi connectivity index (χ2v) is 16.7. The third kappa shape index (κ3) is 4.63. The quantitative estimate of drug-likeness (QED) is 0.178. The molecule has 0 bridgehead atoms. The van der Waals surface area contributed by atoms with Gasteiger partial charge < -0.3 is 0 Å². The summed E-state index contributed by atoms with van der Waals surface area (Å²) in [6.45, 7) is 0. The van der Waals surface area contributed by atoms with E-state index in [1.807, 2.05) is 0 Å². The van der Waals surface area contributed by atoms with Crippen LogP contribution in [0, 0.1) is 0 Å². The second-order valence-electron chi connectivity index (χ2n) is 16.7. The Hall–Kier alpha value is -8.41. The highest BCUT2D eigenvalue weighted by Gasteiger charge is 2.51. The molecule has 3 aromatic heterocycles. The molecule has 0 aliphatic heterocycles. The Labute approximate surface area is 362 Å². The lowest BCUT2D eigenvalue weighted by atomic mass is 9.70. The number of rotatable bonds is 4. The van der Waals surface area contributed by atoms with Crippen LogP contribution in [0.15, 0.2) is 212 Å². The SMILES string of the molecule is c1cc(-c2ccc3c(c2)C2(c4ccccc4-c4ccccc42)c2ccccc2-3)cc(-c2nc(-n3c4ccccc4c4ccccc43)nc(-n3c4ccccc4c4ccccc43)n2)c1. The number of hydrogen-bond donors (Lipinski definition) is 0. The third-order valence-corrected chi connectivity index (χ3v) is 13.6. The number of nitrogens with zero attached hydrogens (tertiary/aromatic N) is 5. The van der Waals surface area contributed by atoms with Crippen molar-refractivity contribution < 1.29 is 0 Å². The second kappa shape index (κ2) is 12.8. The fourth-order valence-corrected chi connectivity index (χ4v) is 11.1. The lowest BCUT2D eigenvalue weighted by Gasteiger charge is -2.30. The molecule has 63 heavy (non-hydrogen) atoms. The van der Waals surface area contributed by atoms with Crippen LogP contribution in [-0.2, 0) is 5.41 Å². The van der Waals surface area contributed by atoms with E-state index in [0.717, 1.165) is 60.3 Å². The van der Waals surface area contributed by atoms with Crippen molar-refractivity contribution in [1.29, 1.82) is 0 Å². The van der Waals surface area contributed by atoms with Crippen LogP contribution < -0.4 is 0 Å². The molecule has 2 aliphatic rings. The van der Waals surface area contributed by atoms with Gasteiger partial charge in [-0.15, -0.1) is 0 Å². The fraction of sp³-hybridized carbons (Fsp3) is 0.0172. The van der Waals surface area contributed by atoms with Gasteiger partial charge in [-0.1, -0.05) is 176 Å². The van der Waals surface area contributed by atoms with E-state index in [2.05, 4.69) is 221 Å². The molecule has 0 amide bonds. The summed E-state index contributed by atoms with van der Waals surface area (Å²) in [6.07, 6.45) is 0. The van der Waals surface area contributed by atoms with E-state index in [4.69, 9.17) is 15.0 Å². The van der Waals surface area contributed by atoms with Gasteiger partial charge in [0.05, 0.1) is 27.5 Å². The first kappa shape index (κ1) is 34.3. The van der Waals surface area contributed by atoms with E-state index in [1.54, 1.807) is 0 Å². The van der Waals surface area contributed by atoms with Crippen LogP contribution in [0.25, 0.3) is 100 Å². The number of benzene rings is 9. The van der Waals surface area contributed by atoms with E-state index in [-0.39, 0.29) is 0 Å².